The zero-order chi connectivity index (χ0) is 24.0. The van der Waals surface area contributed by atoms with Gasteiger partial charge in [0.05, 0.1) is 16.9 Å². The summed E-state index contributed by atoms with van der Waals surface area (Å²) in [5.74, 6) is -0.105. The lowest BCUT2D eigenvalue weighted by molar-refractivity contribution is -0.384. The largest absolute Gasteiger partial charge is 0.496 e. The van der Waals surface area contributed by atoms with Gasteiger partial charge in [-0.15, -0.1) is 0 Å². The van der Waals surface area contributed by atoms with Gasteiger partial charge in [0.25, 0.3) is 5.69 Å². The molecular formula is C23H23N3O6S. The number of hydrogen-bond donors (Lipinski definition) is 2. The number of benzene rings is 3. The number of carbonyl (C=O) groups excluding carboxylic acids is 1. The van der Waals surface area contributed by atoms with Crippen LogP contribution in [0.25, 0.3) is 0 Å². The molecule has 3 aromatic carbocycles. The molecule has 172 valence electrons. The molecule has 0 unspecified atom stereocenters. The quantitative estimate of drug-likeness (QED) is 0.365. The SMILES string of the molecule is COc1ccc(S(=O)(=O)N[C@H](Cc2ccccc2)C(=O)Nc2cccc([N+](=O)[O-])c2)cc1C. The lowest BCUT2D eigenvalue weighted by atomic mass is 10.1. The van der Waals surface area contributed by atoms with E-state index >= 15 is 0 Å². The summed E-state index contributed by atoms with van der Waals surface area (Å²) in [4.78, 5) is 23.5. The maximum absolute atomic E-state index is 13.1. The Morgan fingerprint density at radius 2 is 1.79 bits per heavy atom. The Kier molecular flexibility index (Phi) is 7.41. The van der Waals surface area contributed by atoms with E-state index in [4.69, 9.17) is 4.74 Å². The van der Waals surface area contributed by atoms with Crippen molar-refractivity contribution < 1.29 is 22.9 Å². The second-order valence-corrected chi connectivity index (χ2v) is 9.01. The molecule has 2 N–H and O–H groups in total. The molecule has 0 aliphatic carbocycles. The molecule has 0 bridgehead atoms. The van der Waals surface area contributed by atoms with Gasteiger partial charge in [-0.3, -0.25) is 14.9 Å². The third-order valence-corrected chi connectivity index (χ3v) is 6.37. The molecule has 0 saturated heterocycles. The van der Waals surface area contributed by atoms with E-state index in [1.54, 1.807) is 37.3 Å². The van der Waals surface area contributed by atoms with E-state index in [1.165, 1.54) is 43.5 Å². The third kappa shape index (κ3) is 6.15. The Bertz CT molecular complexity index is 1260. The van der Waals surface area contributed by atoms with Crippen molar-refractivity contribution in [1.82, 2.24) is 4.72 Å². The molecule has 0 radical (unpaired) electrons. The van der Waals surface area contributed by atoms with Crippen LogP contribution in [0.15, 0.2) is 77.7 Å². The van der Waals surface area contributed by atoms with E-state index in [0.717, 1.165) is 5.56 Å². The molecule has 0 spiro atoms. The van der Waals surface area contributed by atoms with Crippen LogP contribution < -0.4 is 14.8 Å². The van der Waals surface area contributed by atoms with Gasteiger partial charge >= 0.3 is 0 Å². The molecule has 0 aromatic heterocycles. The van der Waals surface area contributed by atoms with E-state index in [-0.39, 0.29) is 22.7 Å². The highest BCUT2D eigenvalue weighted by atomic mass is 32.2. The minimum absolute atomic E-state index is 0.0120. The normalized spacial score (nSPS) is 12.1. The highest BCUT2D eigenvalue weighted by Gasteiger charge is 2.27. The summed E-state index contributed by atoms with van der Waals surface area (Å²) in [6.07, 6.45) is 0.0793. The molecule has 0 heterocycles. The molecule has 1 amide bonds. The predicted molar refractivity (Wildman–Crippen MR) is 124 cm³/mol. The van der Waals surface area contributed by atoms with Crippen molar-refractivity contribution in [1.29, 1.82) is 0 Å². The Morgan fingerprint density at radius 1 is 1.06 bits per heavy atom. The van der Waals surface area contributed by atoms with Gasteiger partial charge < -0.3 is 10.1 Å². The molecule has 0 aliphatic heterocycles. The van der Waals surface area contributed by atoms with Crippen LogP contribution in [-0.4, -0.2) is 32.4 Å². The number of methoxy groups -OCH3 is 1. The number of nitro groups is 1. The number of sulfonamides is 1. The number of nitro benzene ring substituents is 1. The fourth-order valence-corrected chi connectivity index (χ4v) is 4.52. The Balaban J connectivity index is 1.89. The van der Waals surface area contributed by atoms with Crippen LogP contribution in [0.4, 0.5) is 11.4 Å². The topological polar surface area (TPSA) is 128 Å². The number of amides is 1. The first kappa shape index (κ1) is 23.9. The zero-order valence-electron chi connectivity index (χ0n) is 18.0. The first-order valence-electron chi connectivity index (χ1n) is 9.96. The van der Waals surface area contributed by atoms with Gasteiger partial charge in [0.1, 0.15) is 11.8 Å². The molecule has 9 nitrogen and oxygen atoms in total. The Labute approximate surface area is 191 Å². The van der Waals surface area contributed by atoms with Crippen LogP contribution in [0.5, 0.6) is 5.75 Å². The predicted octanol–water partition coefficient (Wildman–Crippen LogP) is 3.44. The van der Waals surface area contributed by atoms with Crippen molar-refractivity contribution in [3.63, 3.8) is 0 Å². The van der Waals surface area contributed by atoms with Crippen molar-refractivity contribution in [2.45, 2.75) is 24.3 Å². The van der Waals surface area contributed by atoms with Gasteiger partial charge in [-0.05, 0) is 48.7 Å². The maximum Gasteiger partial charge on any atom is 0.271 e. The number of ether oxygens (including phenoxy) is 1. The van der Waals surface area contributed by atoms with Crippen LogP contribution in [0.1, 0.15) is 11.1 Å². The number of non-ortho nitro benzene ring substituents is 1. The van der Waals surface area contributed by atoms with Crippen LogP contribution >= 0.6 is 0 Å². The summed E-state index contributed by atoms with van der Waals surface area (Å²) in [5, 5.41) is 13.6. The second kappa shape index (κ2) is 10.2. The van der Waals surface area contributed by atoms with Gasteiger partial charge in [0.2, 0.25) is 15.9 Å². The number of nitrogens with zero attached hydrogens (tertiary/aromatic N) is 1. The fraction of sp³-hybridized carbons (Fsp3) is 0.174. The number of rotatable bonds is 9. The van der Waals surface area contributed by atoms with E-state index in [0.29, 0.717) is 11.3 Å². The summed E-state index contributed by atoms with van der Waals surface area (Å²) in [6.45, 7) is 1.72. The molecule has 3 aromatic rings. The third-order valence-electron chi connectivity index (χ3n) is 4.90. The molecule has 0 saturated carbocycles. The Morgan fingerprint density at radius 3 is 2.42 bits per heavy atom. The van der Waals surface area contributed by atoms with Crippen molar-refractivity contribution in [2.75, 3.05) is 12.4 Å². The summed E-state index contributed by atoms with van der Waals surface area (Å²) >= 11 is 0. The summed E-state index contributed by atoms with van der Waals surface area (Å²) in [6, 6.07) is 17.6. The number of anilines is 1. The van der Waals surface area contributed by atoms with Crippen LogP contribution in [0.2, 0.25) is 0 Å². The monoisotopic (exact) mass is 469 g/mol. The van der Waals surface area contributed by atoms with Gasteiger partial charge in [-0.2, -0.15) is 4.72 Å². The number of carbonyl (C=O) groups is 1. The van der Waals surface area contributed by atoms with Crippen molar-refractivity contribution >= 4 is 27.3 Å². The maximum atomic E-state index is 13.1. The first-order chi connectivity index (χ1) is 15.7. The molecule has 1 atom stereocenters. The smallest absolute Gasteiger partial charge is 0.271 e. The minimum atomic E-state index is -4.06. The van der Waals surface area contributed by atoms with Crippen LogP contribution in [0, 0.1) is 17.0 Å². The lowest BCUT2D eigenvalue weighted by Crippen LogP contribution is -2.45. The van der Waals surface area contributed by atoms with Crippen LogP contribution in [0.3, 0.4) is 0 Å². The lowest BCUT2D eigenvalue weighted by Gasteiger charge is -2.19. The standard InChI is InChI=1S/C23H23N3O6S/c1-16-13-20(11-12-22(16)32-2)33(30,31)25-21(14-17-7-4-3-5-8-17)23(27)24-18-9-6-10-19(15-18)26(28)29/h3-13,15,21,25H,14H2,1-2H3,(H,24,27)/t21-/m1/s1. The Hall–Kier alpha value is -3.76. The number of nitrogens with one attached hydrogen (secondary N) is 2. The summed E-state index contributed by atoms with van der Waals surface area (Å²) in [7, 11) is -2.57. The molecule has 0 aliphatic rings. The first-order valence-corrected chi connectivity index (χ1v) is 11.4. The highest BCUT2D eigenvalue weighted by molar-refractivity contribution is 7.89. The second-order valence-electron chi connectivity index (χ2n) is 7.29. The van der Waals surface area contributed by atoms with Gasteiger partial charge in [-0.1, -0.05) is 36.4 Å². The average molecular weight is 470 g/mol. The van der Waals surface area contributed by atoms with E-state index < -0.39 is 26.9 Å². The highest BCUT2D eigenvalue weighted by Crippen LogP contribution is 2.22. The fourth-order valence-electron chi connectivity index (χ4n) is 3.24. The zero-order valence-corrected chi connectivity index (χ0v) is 18.8. The van der Waals surface area contributed by atoms with Gasteiger partial charge in [0, 0.05) is 17.8 Å². The molecule has 10 heteroatoms. The summed E-state index contributed by atoms with van der Waals surface area (Å²) in [5.41, 5.74) is 1.36. The minimum Gasteiger partial charge on any atom is -0.496 e. The van der Waals surface area contributed by atoms with Crippen molar-refractivity contribution in [2.24, 2.45) is 0 Å². The number of aryl methyl sites for hydroxylation is 1. The molecular weight excluding hydrogens is 446 g/mol. The van der Waals surface area contributed by atoms with E-state index in [9.17, 15) is 23.3 Å². The molecule has 0 fully saturated rings. The van der Waals surface area contributed by atoms with E-state index in [1.807, 2.05) is 6.07 Å². The molecule has 33 heavy (non-hydrogen) atoms. The average Bonchev–Trinajstić information content (AvgIpc) is 2.79. The summed E-state index contributed by atoms with van der Waals surface area (Å²) < 4.78 is 33.8. The van der Waals surface area contributed by atoms with Crippen molar-refractivity contribution in [3.8, 4) is 5.75 Å². The van der Waals surface area contributed by atoms with E-state index in [2.05, 4.69) is 10.0 Å². The molecule has 3 rings (SSSR count). The van der Waals surface area contributed by atoms with Gasteiger partial charge in [0.15, 0.2) is 0 Å². The van der Waals surface area contributed by atoms with Crippen LogP contribution in [-0.2, 0) is 21.2 Å². The van der Waals surface area contributed by atoms with Gasteiger partial charge in [-0.25, -0.2) is 8.42 Å². The van der Waals surface area contributed by atoms with Crippen molar-refractivity contribution in [3.05, 3.63) is 94.0 Å². The number of hydrogen-bond acceptors (Lipinski definition) is 6.